The summed E-state index contributed by atoms with van der Waals surface area (Å²) in [5.74, 6) is 0. The van der Waals surface area contributed by atoms with Crippen LogP contribution in [0.5, 0.6) is 0 Å². The third-order valence-corrected chi connectivity index (χ3v) is 7.64. The molecule has 1 nitrogen and oxygen atoms in total. The summed E-state index contributed by atoms with van der Waals surface area (Å²) in [6.07, 6.45) is 0. The average molecular weight is 625 g/mol. The molecule has 1 heteroatoms. The molecule has 0 atom stereocenters. The van der Waals surface area contributed by atoms with Gasteiger partial charge >= 0.3 is 0 Å². The van der Waals surface area contributed by atoms with Gasteiger partial charge in [-0.1, -0.05) is 139 Å². The van der Waals surface area contributed by atoms with Crippen molar-refractivity contribution in [2.45, 2.75) is 0 Å². The lowest BCUT2D eigenvalue weighted by molar-refractivity contribution is 0.669. The lowest BCUT2D eigenvalue weighted by Gasteiger charge is -2.18. The second-order valence-corrected chi connectivity index (χ2v) is 10.3. The maximum absolute atomic E-state index is 9.58. The molecule has 47 heavy (non-hydrogen) atoms. The molecule has 0 fully saturated rings. The van der Waals surface area contributed by atoms with Crippen molar-refractivity contribution in [3.8, 4) is 33.4 Å². The zero-order valence-electron chi connectivity index (χ0n) is 51.4. The van der Waals surface area contributed by atoms with Crippen molar-refractivity contribution >= 4 is 65.0 Å². The monoisotopic (exact) mass is 624 g/mol. The summed E-state index contributed by atoms with van der Waals surface area (Å²) in [5.41, 5.74) is -5.79. The standard InChI is InChI=1S/C46H28O/c1-2-10-32-25-36(22-19-29(32)9-1)46-39-15-7-5-13-37(39)45(38-14-6-8-16-40(38)46)31-20-17-30(18-21-31)35-23-24-43-41(27-35)42-26-33-11-3-4-12-34(33)28-44(42)47-43/h1-28H/i1D,2D,3D,4D,5D,6D,7D,8D,9D,10D,11D,12D,13D,14D,15D,16D,17D,18D,19D,20D,21D,22D,23D,24D,25D,26D,27D,28D. The second kappa shape index (κ2) is 10.2. The molecule has 0 aliphatic carbocycles. The molecular weight excluding hydrogens is 569 g/mol. The Balaban J connectivity index is 1.40. The van der Waals surface area contributed by atoms with Crippen molar-refractivity contribution in [3.05, 3.63) is 169 Å². The van der Waals surface area contributed by atoms with Gasteiger partial charge in [0.1, 0.15) is 11.2 Å². The van der Waals surface area contributed by atoms with Gasteiger partial charge in [-0.05, 0) is 107 Å². The largest absolute Gasteiger partial charge is 0.456 e. The van der Waals surface area contributed by atoms with E-state index < -0.39 is 268 Å². The third-order valence-electron chi connectivity index (χ3n) is 7.64. The molecule has 0 aliphatic heterocycles. The highest BCUT2D eigenvalue weighted by Gasteiger charge is 2.17. The second-order valence-electron chi connectivity index (χ2n) is 10.3. The highest BCUT2D eigenvalue weighted by molar-refractivity contribution is 6.21. The molecule has 0 unspecified atom stereocenters. The fourth-order valence-electron chi connectivity index (χ4n) is 5.58. The molecule has 0 bridgehead atoms. The van der Waals surface area contributed by atoms with Crippen LogP contribution < -0.4 is 0 Å². The summed E-state index contributed by atoms with van der Waals surface area (Å²) in [7, 11) is 0. The Morgan fingerprint density at radius 3 is 1.43 bits per heavy atom. The van der Waals surface area contributed by atoms with Crippen molar-refractivity contribution in [1.82, 2.24) is 0 Å². The van der Waals surface area contributed by atoms with E-state index in [2.05, 4.69) is 0 Å². The maximum atomic E-state index is 9.58. The van der Waals surface area contributed by atoms with Gasteiger partial charge in [-0.15, -0.1) is 0 Å². The Morgan fingerprint density at radius 1 is 0.298 bits per heavy atom. The topological polar surface area (TPSA) is 13.1 Å². The average Bonchev–Trinajstić information content (AvgIpc) is 3.80. The Bertz CT molecular complexity index is 4330. The quantitative estimate of drug-likeness (QED) is 0.178. The minimum absolute atomic E-state index is 0.420. The molecule has 218 valence electrons. The minimum Gasteiger partial charge on any atom is -0.456 e. The zero-order chi connectivity index (χ0) is 55.3. The van der Waals surface area contributed by atoms with Gasteiger partial charge < -0.3 is 4.42 Å². The SMILES string of the molecule is [2H]c1c([2H])c(-c2c3c([2H])c([2H])c([2H])c([2H])c3c(-c3c([2H])c([2H])c4c([2H])c([2H])c([2H])c([2H])c4c3[2H])c3c([2H])c([2H])c([2H])c([2H])c23)c([2H])c([2H])c1-c1c([2H])c([2H])c2oc3c([2H])c4c([2H])c([2H])c([2H])c([2H])c4c([2H])c3c2c1[2H]. The molecule has 1 heterocycles. The Labute approximate surface area is 311 Å². The van der Waals surface area contributed by atoms with Crippen LogP contribution in [0.25, 0.3) is 98.4 Å². The first-order valence-electron chi connectivity index (χ1n) is 27.9. The normalized spacial score (nSPS) is 20.2. The predicted octanol–water partition coefficient (Wildman–Crippen LogP) is 13.2. The van der Waals surface area contributed by atoms with Crippen molar-refractivity contribution in [2.24, 2.45) is 0 Å². The molecule has 0 radical (unpaired) electrons. The highest BCUT2D eigenvalue weighted by Crippen LogP contribution is 2.44. The Kier molecular flexibility index (Phi) is 2.31. The molecule has 0 amide bonds. The lowest BCUT2D eigenvalue weighted by Crippen LogP contribution is -1.91. The van der Waals surface area contributed by atoms with E-state index in [-0.39, 0.29) is 0 Å². The van der Waals surface area contributed by atoms with Crippen LogP contribution in [-0.2, 0) is 0 Å². The van der Waals surface area contributed by atoms with Gasteiger partial charge in [-0.3, -0.25) is 0 Å². The van der Waals surface area contributed by atoms with Gasteiger partial charge in [0.05, 0.1) is 38.4 Å². The predicted molar refractivity (Wildman–Crippen MR) is 200 cm³/mol. The van der Waals surface area contributed by atoms with Crippen molar-refractivity contribution in [3.63, 3.8) is 0 Å². The van der Waals surface area contributed by atoms with E-state index in [1.54, 1.807) is 0 Å². The third kappa shape index (κ3) is 4.10. The van der Waals surface area contributed by atoms with Crippen LogP contribution in [0.1, 0.15) is 38.4 Å². The van der Waals surface area contributed by atoms with Gasteiger partial charge in [-0.2, -0.15) is 0 Å². The van der Waals surface area contributed by atoms with Gasteiger partial charge in [0.15, 0.2) is 0 Å². The van der Waals surface area contributed by atoms with E-state index >= 15 is 0 Å². The first kappa shape index (κ1) is 10.7. The van der Waals surface area contributed by atoms with Crippen LogP contribution in [-0.4, -0.2) is 0 Å². The molecule has 0 aliphatic rings. The van der Waals surface area contributed by atoms with Crippen molar-refractivity contribution < 1.29 is 42.8 Å². The molecule has 0 saturated heterocycles. The van der Waals surface area contributed by atoms with Crippen LogP contribution in [0.2, 0.25) is 0 Å². The zero-order valence-corrected chi connectivity index (χ0v) is 23.4. The number of hydrogen-bond donors (Lipinski definition) is 0. The molecule has 0 saturated carbocycles. The van der Waals surface area contributed by atoms with E-state index in [0.717, 1.165) is 0 Å². The molecule has 10 aromatic rings. The van der Waals surface area contributed by atoms with Gasteiger partial charge in [0, 0.05) is 10.8 Å². The van der Waals surface area contributed by atoms with Crippen LogP contribution >= 0.6 is 0 Å². The van der Waals surface area contributed by atoms with Crippen LogP contribution in [0.3, 0.4) is 0 Å². The smallest absolute Gasteiger partial charge is 0.136 e. The van der Waals surface area contributed by atoms with E-state index in [9.17, 15) is 15.1 Å². The Morgan fingerprint density at radius 2 is 0.766 bits per heavy atom. The van der Waals surface area contributed by atoms with Crippen LogP contribution in [0, 0.1) is 0 Å². The first-order chi connectivity index (χ1) is 35.0. The van der Waals surface area contributed by atoms with Crippen molar-refractivity contribution in [2.75, 3.05) is 0 Å². The summed E-state index contributed by atoms with van der Waals surface area (Å²) in [4.78, 5) is 0. The maximum Gasteiger partial charge on any atom is 0.136 e. The number of hydrogen-bond acceptors (Lipinski definition) is 1. The lowest BCUT2D eigenvalue weighted by atomic mass is 9.85. The molecular formula is C46H28O. The molecule has 0 spiro atoms. The van der Waals surface area contributed by atoms with E-state index in [1.165, 1.54) is 0 Å². The fraction of sp³-hybridized carbons (Fsp3) is 0. The van der Waals surface area contributed by atoms with E-state index in [4.69, 9.17) is 27.7 Å². The summed E-state index contributed by atoms with van der Waals surface area (Å²) in [5, 5.41) is -5.93. The first-order valence-corrected chi connectivity index (χ1v) is 13.9. The molecule has 0 N–H and O–H groups in total. The van der Waals surface area contributed by atoms with Crippen molar-refractivity contribution in [1.29, 1.82) is 0 Å². The molecule has 10 rings (SSSR count). The summed E-state index contributed by atoms with van der Waals surface area (Å²) < 4.78 is 257. The highest BCUT2D eigenvalue weighted by atomic mass is 16.3. The number of rotatable bonds is 3. The number of furan rings is 1. The number of fused-ring (bicyclic) bond motifs is 7. The Hall–Kier alpha value is -6.18. The van der Waals surface area contributed by atoms with E-state index in [0.29, 0.717) is 0 Å². The van der Waals surface area contributed by atoms with Gasteiger partial charge in [0.2, 0.25) is 0 Å². The molecule has 9 aromatic carbocycles. The summed E-state index contributed by atoms with van der Waals surface area (Å²) in [6, 6.07) is -25.2. The van der Waals surface area contributed by atoms with E-state index in [1.807, 2.05) is 0 Å². The summed E-state index contributed by atoms with van der Waals surface area (Å²) >= 11 is 0. The molecule has 1 aromatic heterocycles. The van der Waals surface area contributed by atoms with Gasteiger partial charge in [-0.25, -0.2) is 0 Å². The minimum atomic E-state index is -1.10. The van der Waals surface area contributed by atoms with Crippen LogP contribution in [0.4, 0.5) is 0 Å². The fourth-order valence-corrected chi connectivity index (χ4v) is 5.58. The van der Waals surface area contributed by atoms with Crippen LogP contribution in [0.15, 0.2) is 174 Å². The summed E-state index contributed by atoms with van der Waals surface area (Å²) in [6.45, 7) is 0. The van der Waals surface area contributed by atoms with Gasteiger partial charge in [0.25, 0.3) is 0 Å². The number of benzene rings is 9.